The van der Waals surface area contributed by atoms with Crippen LogP contribution < -0.4 is 5.32 Å². The molecule has 5 heteroatoms. The molecule has 5 nitrogen and oxygen atoms in total. The van der Waals surface area contributed by atoms with E-state index in [4.69, 9.17) is 5.26 Å². The van der Waals surface area contributed by atoms with Crippen LogP contribution in [0, 0.1) is 16.7 Å². The fourth-order valence-corrected chi connectivity index (χ4v) is 2.11. The van der Waals surface area contributed by atoms with E-state index in [1.54, 1.807) is 6.92 Å². The lowest BCUT2D eigenvalue weighted by Gasteiger charge is -2.22. The molecule has 17 heavy (non-hydrogen) atoms. The Bertz CT molecular complexity index is 340. The molecule has 0 heterocycles. The largest absolute Gasteiger partial charge is 0.469 e. The number of esters is 1. The van der Waals surface area contributed by atoms with Gasteiger partial charge in [-0.3, -0.25) is 9.59 Å². The van der Waals surface area contributed by atoms with Gasteiger partial charge in [-0.1, -0.05) is 12.8 Å². The van der Waals surface area contributed by atoms with Crippen molar-refractivity contribution in [2.45, 2.75) is 45.1 Å². The Hall–Kier alpha value is -1.57. The van der Waals surface area contributed by atoms with E-state index in [-0.39, 0.29) is 24.3 Å². The molecule has 0 saturated heterocycles. The second kappa shape index (κ2) is 5.67. The van der Waals surface area contributed by atoms with Crippen LogP contribution in [0.1, 0.15) is 39.0 Å². The molecule has 0 spiro atoms. The number of ether oxygens (including phenoxy) is 1. The Balaban J connectivity index is 2.54. The van der Waals surface area contributed by atoms with Crippen LogP contribution >= 0.6 is 0 Å². The summed E-state index contributed by atoms with van der Waals surface area (Å²) >= 11 is 0. The highest BCUT2D eigenvalue weighted by molar-refractivity contribution is 5.86. The van der Waals surface area contributed by atoms with E-state index in [0.717, 1.165) is 12.8 Å². The molecule has 94 valence electrons. The maximum absolute atomic E-state index is 12.0. The van der Waals surface area contributed by atoms with Gasteiger partial charge in [-0.2, -0.15) is 5.26 Å². The van der Waals surface area contributed by atoms with Gasteiger partial charge in [0.05, 0.1) is 19.6 Å². The van der Waals surface area contributed by atoms with Crippen LogP contribution in [0.25, 0.3) is 0 Å². The summed E-state index contributed by atoms with van der Waals surface area (Å²) in [6.45, 7) is 1.73. The number of nitrogens with zero attached hydrogens (tertiary/aromatic N) is 1. The third-order valence-corrected chi connectivity index (χ3v) is 3.18. The van der Waals surface area contributed by atoms with Crippen LogP contribution in [-0.2, 0) is 14.3 Å². The van der Waals surface area contributed by atoms with Gasteiger partial charge in [0.25, 0.3) is 0 Å². The molecule has 1 fully saturated rings. The summed E-state index contributed by atoms with van der Waals surface area (Å²) in [7, 11) is 1.31. The zero-order valence-electron chi connectivity index (χ0n) is 10.3. The maximum Gasteiger partial charge on any atom is 0.307 e. The van der Waals surface area contributed by atoms with E-state index < -0.39 is 5.41 Å². The molecule has 0 bridgehead atoms. The molecule has 1 N–H and O–H groups in total. The minimum atomic E-state index is -0.885. The lowest BCUT2D eigenvalue weighted by Crippen LogP contribution is -2.43. The first-order valence-electron chi connectivity index (χ1n) is 5.83. The topological polar surface area (TPSA) is 79.2 Å². The van der Waals surface area contributed by atoms with Crippen LogP contribution in [-0.4, -0.2) is 25.0 Å². The van der Waals surface area contributed by atoms with Crippen LogP contribution in [0.15, 0.2) is 0 Å². The predicted molar refractivity (Wildman–Crippen MR) is 60.8 cm³/mol. The number of nitriles is 1. The van der Waals surface area contributed by atoms with Crippen molar-refractivity contribution in [2.24, 2.45) is 5.41 Å². The van der Waals surface area contributed by atoms with Gasteiger partial charge in [-0.15, -0.1) is 0 Å². The van der Waals surface area contributed by atoms with Crippen molar-refractivity contribution in [2.75, 3.05) is 7.11 Å². The average molecular weight is 238 g/mol. The Morgan fingerprint density at radius 1 is 1.47 bits per heavy atom. The highest BCUT2D eigenvalue weighted by atomic mass is 16.5. The van der Waals surface area contributed by atoms with Crippen LogP contribution in [0.3, 0.4) is 0 Å². The summed E-state index contributed by atoms with van der Waals surface area (Å²) in [5, 5.41) is 11.8. The van der Waals surface area contributed by atoms with Gasteiger partial charge < -0.3 is 10.1 Å². The number of carbonyl (C=O) groups excluding carboxylic acids is 2. The minimum Gasteiger partial charge on any atom is -0.469 e. The number of amides is 1. The van der Waals surface area contributed by atoms with Gasteiger partial charge in [0.15, 0.2) is 0 Å². The summed E-state index contributed by atoms with van der Waals surface area (Å²) in [6, 6.07) is 1.82. The molecule has 0 unspecified atom stereocenters. The number of hydrogen-bond donors (Lipinski definition) is 1. The second-order valence-electron chi connectivity index (χ2n) is 4.56. The predicted octanol–water partition coefficient (Wildman–Crippen LogP) is 1.14. The molecule has 1 aliphatic carbocycles. The molecule has 0 aliphatic heterocycles. The molecule has 0 aromatic carbocycles. The fraction of sp³-hybridized carbons (Fsp3) is 0.750. The van der Waals surface area contributed by atoms with Crippen molar-refractivity contribution in [3.63, 3.8) is 0 Å². The van der Waals surface area contributed by atoms with E-state index >= 15 is 0 Å². The van der Waals surface area contributed by atoms with Crippen molar-refractivity contribution in [3.05, 3.63) is 0 Å². The molecule has 1 amide bonds. The van der Waals surface area contributed by atoms with Gasteiger partial charge in [-0.25, -0.2) is 0 Å². The molecule has 0 aromatic heterocycles. The van der Waals surface area contributed by atoms with E-state index in [0.29, 0.717) is 12.8 Å². The molecule has 1 rings (SSSR count). The highest BCUT2D eigenvalue weighted by Crippen LogP contribution is 2.37. The van der Waals surface area contributed by atoms with E-state index in [1.165, 1.54) is 7.11 Å². The first-order valence-corrected chi connectivity index (χ1v) is 5.83. The molecule has 1 atom stereocenters. The van der Waals surface area contributed by atoms with E-state index in [2.05, 4.69) is 16.1 Å². The zero-order chi connectivity index (χ0) is 12.9. The fourth-order valence-electron chi connectivity index (χ4n) is 2.11. The first-order chi connectivity index (χ1) is 8.04. The molecular formula is C12H18N2O3. The standard InChI is InChI=1S/C12H18N2O3/c1-9(7-10(15)17-2)14-11(16)12(8-13)5-3-4-6-12/h9H,3-7H2,1-2H3,(H,14,16)/t9-/m0/s1. The van der Waals surface area contributed by atoms with Gasteiger partial charge in [0.1, 0.15) is 5.41 Å². The Labute approximate surface area is 101 Å². The van der Waals surface area contributed by atoms with Crippen LogP contribution in [0.5, 0.6) is 0 Å². The molecule has 1 aliphatic rings. The van der Waals surface area contributed by atoms with Gasteiger partial charge >= 0.3 is 5.97 Å². The van der Waals surface area contributed by atoms with Gasteiger partial charge in [-0.05, 0) is 19.8 Å². The normalized spacial score (nSPS) is 19.1. The van der Waals surface area contributed by atoms with Crippen molar-refractivity contribution < 1.29 is 14.3 Å². The van der Waals surface area contributed by atoms with Crippen molar-refractivity contribution in [1.82, 2.24) is 5.32 Å². The smallest absolute Gasteiger partial charge is 0.307 e. The Morgan fingerprint density at radius 3 is 2.53 bits per heavy atom. The summed E-state index contributed by atoms with van der Waals surface area (Å²) in [4.78, 5) is 23.0. The summed E-state index contributed by atoms with van der Waals surface area (Å²) in [6.07, 6.45) is 3.17. The average Bonchev–Trinajstić information content (AvgIpc) is 2.78. The molecule has 0 aromatic rings. The van der Waals surface area contributed by atoms with Crippen molar-refractivity contribution >= 4 is 11.9 Å². The summed E-state index contributed by atoms with van der Waals surface area (Å²) in [5.41, 5.74) is -0.885. The Kier molecular flexibility index (Phi) is 4.50. The third kappa shape index (κ3) is 3.19. The monoisotopic (exact) mass is 238 g/mol. The van der Waals surface area contributed by atoms with Crippen LogP contribution in [0.2, 0.25) is 0 Å². The van der Waals surface area contributed by atoms with Crippen molar-refractivity contribution in [3.8, 4) is 6.07 Å². The number of rotatable bonds is 4. The summed E-state index contributed by atoms with van der Waals surface area (Å²) in [5.74, 6) is -0.621. The van der Waals surface area contributed by atoms with E-state index in [1.807, 2.05) is 0 Å². The van der Waals surface area contributed by atoms with E-state index in [9.17, 15) is 9.59 Å². The molecular weight excluding hydrogens is 220 g/mol. The van der Waals surface area contributed by atoms with Gasteiger partial charge in [0.2, 0.25) is 5.91 Å². The summed E-state index contributed by atoms with van der Waals surface area (Å²) < 4.78 is 4.52. The molecule has 0 radical (unpaired) electrons. The van der Waals surface area contributed by atoms with Gasteiger partial charge in [0, 0.05) is 6.04 Å². The maximum atomic E-state index is 12.0. The third-order valence-electron chi connectivity index (χ3n) is 3.18. The van der Waals surface area contributed by atoms with Crippen LogP contribution in [0.4, 0.5) is 0 Å². The SMILES string of the molecule is COC(=O)C[C@H](C)NC(=O)C1(C#N)CCCC1. The van der Waals surface area contributed by atoms with Crippen molar-refractivity contribution in [1.29, 1.82) is 5.26 Å². The molecule has 1 saturated carbocycles. The lowest BCUT2D eigenvalue weighted by molar-refractivity contribution is -0.141. The second-order valence-corrected chi connectivity index (χ2v) is 4.56. The Morgan fingerprint density at radius 2 is 2.06 bits per heavy atom. The number of carbonyl (C=O) groups is 2. The highest BCUT2D eigenvalue weighted by Gasteiger charge is 2.41. The lowest BCUT2D eigenvalue weighted by atomic mass is 9.87. The first kappa shape index (κ1) is 13.5. The number of methoxy groups -OCH3 is 1. The minimum absolute atomic E-state index is 0.129. The number of hydrogen-bond acceptors (Lipinski definition) is 4. The number of nitrogens with one attached hydrogen (secondary N) is 1. The quantitative estimate of drug-likeness (QED) is 0.745. The zero-order valence-corrected chi connectivity index (χ0v) is 10.3.